The van der Waals surface area contributed by atoms with Crippen LogP contribution in [0.3, 0.4) is 0 Å². The summed E-state index contributed by atoms with van der Waals surface area (Å²) in [6.45, 7) is 4.53. The topological polar surface area (TPSA) is 26.4 Å². The summed E-state index contributed by atoms with van der Waals surface area (Å²) >= 11 is 7.17. The van der Waals surface area contributed by atoms with E-state index in [0.717, 1.165) is 38.3 Å². The van der Waals surface area contributed by atoms with Gasteiger partial charge in [0.25, 0.3) is 5.56 Å². The molecule has 0 aliphatic rings. The summed E-state index contributed by atoms with van der Waals surface area (Å²) in [5.74, 6) is -0.297. The predicted molar refractivity (Wildman–Crippen MR) is 128 cm³/mol. The number of halogens is 1. The zero-order chi connectivity index (χ0) is 21.7. The number of fused-ring (bicyclic) bond motifs is 3. The summed E-state index contributed by atoms with van der Waals surface area (Å²) in [5, 5.41) is 0.625. The van der Waals surface area contributed by atoms with Gasteiger partial charge in [0.1, 0.15) is 11.5 Å². The highest BCUT2D eigenvalue weighted by Gasteiger charge is 2.19. The van der Waals surface area contributed by atoms with Crippen molar-refractivity contribution in [3.63, 3.8) is 0 Å². The molecule has 0 saturated heterocycles. The Bertz CT molecular complexity index is 1580. The van der Waals surface area contributed by atoms with Crippen molar-refractivity contribution in [3.8, 4) is 10.4 Å². The molecule has 2 aromatic heterocycles. The van der Waals surface area contributed by atoms with Crippen molar-refractivity contribution in [3.05, 3.63) is 104 Å². The minimum atomic E-state index is -0.297. The fourth-order valence-corrected chi connectivity index (χ4v) is 5.42. The van der Waals surface area contributed by atoms with Crippen LogP contribution in [0.5, 0.6) is 0 Å². The van der Waals surface area contributed by atoms with Gasteiger partial charge >= 0.3 is 0 Å². The van der Waals surface area contributed by atoms with Gasteiger partial charge in [-0.3, -0.25) is 13.8 Å². The van der Waals surface area contributed by atoms with Gasteiger partial charge in [0, 0.05) is 0 Å². The quantitative estimate of drug-likeness (QED) is 0.295. The minimum Gasteiger partial charge on any atom is -0.288 e. The first-order valence-corrected chi connectivity index (χ1v) is 11.2. The van der Waals surface area contributed by atoms with Crippen LogP contribution in [0, 0.1) is 23.6 Å². The average molecular weight is 447 g/mol. The zero-order valence-corrected chi connectivity index (χ0v) is 18.7. The summed E-state index contributed by atoms with van der Waals surface area (Å²) in [6, 6.07) is 20.1. The Morgan fingerprint density at radius 2 is 1.74 bits per heavy atom. The number of para-hydroxylation sites is 1. The number of nitrogens with zero attached hydrogens (tertiary/aromatic N) is 2. The van der Waals surface area contributed by atoms with E-state index in [-0.39, 0.29) is 11.4 Å². The number of aromatic nitrogens is 2. The van der Waals surface area contributed by atoms with E-state index in [2.05, 4.69) is 25.1 Å². The van der Waals surface area contributed by atoms with Crippen molar-refractivity contribution in [2.75, 3.05) is 0 Å². The Kier molecular flexibility index (Phi) is 4.84. The third kappa shape index (κ3) is 3.32. The van der Waals surface area contributed by atoms with Crippen LogP contribution in [0.1, 0.15) is 16.7 Å². The van der Waals surface area contributed by atoms with Crippen molar-refractivity contribution in [1.29, 1.82) is 0 Å². The van der Waals surface area contributed by atoms with Crippen LogP contribution in [0.25, 0.3) is 27.0 Å². The highest BCUT2D eigenvalue weighted by atomic mass is 32.1. The van der Waals surface area contributed by atoms with E-state index >= 15 is 0 Å². The third-order valence-corrected chi connectivity index (χ3v) is 7.01. The lowest BCUT2D eigenvalue weighted by molar-refractivity contribution is 0.628. The lowest BCUT2D eigenvalue weighted by Crippen LogP contribution is -2.24. The Morgan fingerprint density at radius 1 is 1.00 bits per heavy atom. The average Bonchev–Trinajstić information content (AvgIpc) is 3.11. The normalized spacial score (nSPS) is 11.5. The van der Waals surface area contributed by atoms with Gasteiger partial charge in [-0.1, -0.05) is 48.0 Å². The fourth-order valence-electron chi connectivity index (χ4n) is 3.99. The molecule has 0 unspecified atom stereocenters. The molecule has 0 spiro atoms. The maximum Gasteiger partial charge on any atom is 0.261 e. The smallest absolute Gasteiger partial charge is 0.261 e. The van der Waals surface area contributed by atoms with Crippen LogP contribution >= 0.6 is 23.6 Å². The summed E-state index contributed by atoms with van der Waals surface area (Å²) in [5.41, 5.74) is 5.66. The van der Waals surface area contributed by atoms with E-state index in [1.807, 2.05) is 35.6 Å². The van der Waals surface area contributed by atoms with E-state index in [1.165, 1.54) is 23.5 Å². The molecule has 0 N–H and O–H groups in total. The second kappa shape index (κ2) is 7.55. The molecule has 0 amide bonds. The molecule has 5 aromatic rings. The first-order valence-electron chi connectivity index (χ1n) is 9.93. The highest BCUT2D eigenvalue weighted by molar-refractivity contribution is 7.73. The molecule has 3 aromatic carbocycles. The molecule has 154 valence electrons. The predicted octanol–water partition coefficient (Wildman–Crippen LogP) is 6.52. The van der Waals surface area contributed by atoms with Crippen LogP contribution in [0.2, 0.25) is 0 Å². The Morgan fingerprint density at radius 3 is 2.52 bits per heavy atom. The van der Waals surface area contributed by atoms with E-state index in [4.69, 9.17) is 12.2 Å². The van der Waals surface area contributed by atoms with Gasteiger partial charge in [0.05, 0.1) is 22.3 Å². The van der Waals surface area contributed by atoms with E-state index in [0.29, 0.717) is 15.9 Å². The van der Waals surface area contributed by atoms with E-state index in [9.17, 15) is 9.18 Å². The van der Waals surface area contributed by atoms with Crippen LogP contribution in [0.15, 0.2) is 71.5 Å². The molecule has 0 aliphatic heterocycles. The molecule has 3 nitrogen and oxygen atoms in total. The van der Waals surface area contributed by atoms with Crippen LogP contribution < -0.4 is 5.56 Å². The summed E-state index contributed by atoms with van der Waals surface area (Å²) in [7, 11) is 0. The monoisotopic (exact) mass is 446 g/mol. The fraction of sp³-hybridized carbons (Fsp3) is 0.120. The summed E-state index contributed by atoms with van der Waals surface area (Å²) < 4.78 is 18.0. The molecule has 0 fully saturated rings. The number of benzene rings is 3. The van der Waals surface area contributed by atoms with Crippen LogP contribution in [-0.4, -0.2) is 8.97 Å². The van der Waals surface area contributed by atoms with Gasteiger partial charge in [0.2, 0.25) is 0 Å². The SMILES string of the molecule is Cc1ccc(C)c(Cn2c(=O)c3ccccc3n3c(=S)sc(-c4ccc(F)cc4)c23)c1. The summed E-state index contributed by atoms with van der Waals surface area (Å²) in [4.78, 5) is 14.5. The Labute approximate surface area is 187 Å². The Hall–Kier alpha value is -3.09. The maximum atomic E-state index is 13.7. The van der Waals surface area contributed by atoms with Gasteiger partial charge in [-0.05, 0) is 67.0 Å². The van der Waals surface area contributed by atoms with Gasteiger partial charge in [-0.15, -0.1) is 11.3 Å². The number of thiazole rings is 1. The number of hydrogen-bond acceptors (Lipinski definition) is 3. The minimum absolute atomic E-state index is 0.0623. The van der Waals surface area contributed by atoms with Crippen molar-refractivity contribution < 1.29 is 4.39 Å². The molecule has 0 atom stereocenters. The van der Waals surface area contributed by atoms with E-state index in [1.54, 1.807) is 16.7 Å². The van der Waals surface area contributed by atoms with Gasteiger partial charge in [0.15, 0.2) is 3.95 Å². The molecule has 0 aliphatic carbocycles. The first kappa shape index (κ1) is 19.8. The molecule has 0 saturated carbocycles. The maximum absolute atomic E-state index is 13.7. The largest absolute Gasteiger partial charge is 0.288 e. The zero-order valence-electron chi connectivity index (χ0n) is 17.1. The highest BCUT2D eigenvalue weighted by Crippen LogP contribution is 2.33. The van der Waals surface area contributed by atoms with Gasteiger partial charge < -0.3 is 0 Å². The Balaban J connectivity index is 1.91. The number of hydrogen-bond donors (Lipinski definition) is 0. The lowest BCUT2D eigenvalue weighted by atomic mass is 10.1. The molecule has 0 radical (unpaired) electrons. The second-order valence-electron chi connectivity index (χ2n) is 7.70. The summed E-state index contributed by atoms with van der Waals surface area (Å²) in [6.07, 6.45) is 0. The first-order chi connectivity index (χ1) is 14.9. The van der Waals surface area contributed by atoms with Gasteiger partial charge in [-0.25, -0.2) is 4.39 Å². The lowest BCUT2D eigenvalue weighted by Gasteiger charge is -2.15. The third-order valence-electron chi connectivity index (χ3n) is 5.60. The molecule has 5 rings (SSSR count). The standard InChI is InChI=1S/C25H19FN2OS2/c1-15-7-8-16(2)18(13-15)14-27-23-22(17-9-11-19(26)12-10-17)31-25(30)28(23)21-6-4-3-5-20(21)24(27)29/h3-13H,14H2,1-2H3. The van der Waals surface area contributed by atoms with Crippen LogP contribution in [0.4, 0.5) is 4.39 Å². The molecular formula is C25H19FN2OS2. The molecule has 2 heterocycles. The van der Waals surface area contributed by atoms with E-state index < -0.39 is 0 Å². The molecule has 6 heteroatoms. The molecule has 31 heavy (non-hydrogen) atoms. The number of rotatable bonds is 3. The number of aryl methyl sites for hydroxylation is 2. The molecular weight excluding hydrogens is 427 g/mol. The second-order valence-corrected chi connectivity index (χ2v) is 9.35. The van der Waals surface area contributed by atoms with Crippen molar-refractivity contribution in [2.24, 2.45) is 0 Å². The van der Waals surface area contributed by atoms with Gasteiger partial charge in [-0.2, -0.15) is 0 Å². The molecule has 0 bridgehead atoms. The van der Waals surface area contributed by atoms with Crippen molar-refractivity contribution in [1.82, 2.24) is 8.97 Å². The van der Waals surface area contributed by atoms with Crippen molar-refractivity contribution in [2.45, 2.75) is 20.4 Å². The van der Waals surface area contributed by atoms with Crippen LogP contribution in [-0.2, 0) is 6.54 Å². The van der Waals surface area contributed by atoms with Crippen molar-refractivity contribution >= 4 is 40.1 Å².